The summed E-state index contributed by atoms with van der Waals surface area (Å²) in [6.07, 6.45) is 0.332. The zero-order valence-electron chi connectivity index (χ0n) is 11.2. The van der Waals surface area contributed by atoms with Gasteiger partial charge in [-0.3, -0.25) is 0 Å². The van der Waals surface area contributed by atoms with Crippen LogP contribution < -0.4 is 10.6 Å². The minimum absolute atomic E-state index is 0.193. The van der Waals surface area contributed by atoms with Crippen molar-refractivity contribution in [3.05, 3.63) is 0 Å². The molecule has 2 amide bonds. The van der Waals surface area contributed by atoms with Gasteiger partial charge in [0.25, 0.3) is 0 Å². The highest BCUT2D eigenvalue weighted by atomic mass is 16.4. The van der Waals surface area contributed by atoms with Crippen LogP contribution in [0.5, 0.6) is 0 Å². The molecule has 0 radical (unpaired) electrons. The first-order valence-electron chi connectivity index (χ1n) is 5.68. The smallest absolute Gasteiger partial charge is 0.329 e. The van der Waals surface area contributed by atoms with Gasteiger partial charge in [0.15, 0.2) is 0 Å². The summed E-state index contributed by atoms with van der Waals surface area (Å²) in [5, 5.41) is 14.1. The maximum Gasteiger partial charge on any atom is 0.329 e. The SMILES string of the molecule is CCC(C)(NC(=O)NCC(C)N(C)C)C(=O)O. The molecule has 0 saturated carbocycles. The third-order valence-electron chi connectivity index (χ3n) is 3.01. The van der Waals surface area contributed by atoms with Crippen LogP contribution in [0.25, 0.3) is 0 Å². The Morgan fingerprint density at radius 3 is 2.29 bits per heavy atom. The molecule has 0 aromatic heterocycles. The van der Waals surface area contributed by atoms with Crippen LogP contribution in [0.15, 0.2) is 0 Å². The Hall–Kier alpha value is -1.30. The third kappa shape index (κ3) is 5.04. The lowest BCUT2D eigenvalue weighted by Crippen LogP contribution is -2.55. The Labute approximate surface area is 102 Å². The Bertz CT molecular complexity index is 281. The largest absolute Gasteiger partial charge is 0.480 e. The minimum Gasteiger partial charge on any atom is -0.480 e. The van der Waals surface area contributed by atoms with E-state index < -0.39 is 17.5 Å². The Balaban J connectivity index is 4.22. The fourth-order valence-corrected chi connectivity index (χ4v) is 1.01. The van der Waals surface area contributed by atoms with E-state index in [1.54, 1.807) is 6.92 Å². The van der Waals surface area contributed by atoms with Crippen molar-refractivity contribution < 1.29 is 14.7 Å². The maximum atomic E-state index is 11.5. The van der Waals surface area contributed by atoms with E-state index in [1.807, 2.05) is 25.9 Å². The molecule has 0 aliphatic carbocycles. The van der Waals surface area contributed by atoms with Crippen molar-refractivity contribution in [3.63, 3.8) is 0 Å². The number of urea groups is 1. The van der Waals surface area contributed by atoms with Crippen LogP contribution in [0.1, 0.15) is 27.2 Å². The average Bonchev–Trinajstić information content (AvgIpc) is 2.25. The summed E-state index contributed by atoms with van der Waals surface area (Å²) < 4.78 is 0. The van der Waals surface area contributed by atoms with Gasteiger partial charge in [-0.2, -0.15) is 0 Å². The van der Waals surface area contributed by atoms with Gasteiger partial charge in [-0.15, -0.1) is 0 Å². The Morgan fingerprint density at radius 1 is 1.41 bits per heavy atom. The normalized spacial score (nSPS) is 16.1. The summed E-state index contributed by atoms with van der Waals surface area (Å²) in [5.41, 5.74) is -1.22. The van der Waals surface area contributed by atoms with Crippen LogP contribution in [-0.4, -0.2) is 54.2 Å². The first-order valence-corrected chi connectivity index (χ1v) is 5.68. The van der Waals surface area contributed by atoms with E-state index >= 15 is 0 Å². The monoisotopic (exact) mass is 245 g/mol. The van der Waals surface area contributed by atoms with Crippen molar-refractivity contribution in [2.24, 2.45) is 0 Å². The summed E-state index contributed by atoms with van der Waals surface area (Å²) in [6.45, 7) is 5.65. The number of carboxylic acids is 1. The van der Waals surface area contributed by atoms with Gasteiger partial charge in [0.1, 0.15) is 5.54 Å². The minimum atomic E-state index is -1.22. The molecular weight excluding hydrogens is 222 g/mol. The molecule has 0 spiro atoms. The maximum absolute atomic E-state index is 11.5. The van der Waals surface area contributed by atoms with Crippen molar-refractivity contribution in [2.45, 2.75) is 38.8 Å². The molecule has 0 heterocycles. The number of carboxylic acid groups (broad SMARTS) is 1. The molecule has 0 saturated heterocycles. The molecule has 0 aliphatic rings. The molecule has 0 aromatic carbocycles. The van der Waals surface area contributed by atoms with E-state index in [0.717, 1.165) is 0 Å². The van der Waals surface area contributed by atoms with Gasteiger partial charge < -0.3 is 20.6 Å². The predicted molar refractivity (Wildman–Crippen MR) is 66.0 cm³/mol. The standard InChI is InChI=1S/C11H23N3O3/c1-6-11(3,9(15)16)13-10(17)12-7-8(2)14(4)5/h8H,6-7H2,1-5H3,(H,15,16)(H2,12,13,17). The molecule has 100 valence electrons. The number of nitrogens with zero attached hydrogens (tertiary/aromatic N) is 1. The topological polar surface area (TPSA) is 81.7 Å². The van der Waals surface area contributed by atoms with Crippen LogP contribution in [0.3, 0.4) is 0 Å². The fourth-order valence-electron chi connectivity index (χ4n) is 1.01. The second kappa shape index (κ2) is 6.44. The van der Waals surface area contributed by atoms with Crippen LogP contribution in [0.4, 0.5) is 4.79 Å². The number of hydrogen-bond donors (Lipinski definition) is 3. The molecule has 0 fully saturated rings. The highest BCUT2D eigenvalue weighted by molar-refractivity contribution is 5.85. The zero-order chi connectivity index (χ0) is 13.6. The number of nitrogens with one attached hydrogen (secondary N) is 2. The number of amides is 2. The highest BCUT2D eigenvalue weighted by Crippen LogP contribution is 2.08. The molecule has 0 aliphatic heterocycles. The zero-order valence-corrected chi connectivity index (χ0v) is 11.2. The predicted octanol–water partition coefficient (Wildman–Crippen LogP) is 0.489. The number of rotatable bonds is 6. The lowest BCUT2D eigenvalue weighted by Gasteiger charge is -2.26. The lowest BCUT2D eigenvalue weighted by molar-refractivity contribution is -0.143. The molecule has 2 unspecified atom stereocenters. The average molecular weight is 245 g/mol. The van der Waals surface area contributed by atoms with Gasteiger partial charge in [0.05, 0.1) is 0 Å². The van der Waals surface area contributed by atoms with E-state index in [2.05, 4.69) is 10.6 Å². The van der Waals surface area contributed by atoms with Crippen LogP contribution in [0, 0.1) is 0 Å². The van der Waals surface area contributed by atoms with Crippen molar-refractivity contribution in [1.29, 1.82) is 0 Å². The van der Waals surface area contributed by atoms with Crippen molar-refractivity contribution in [1.82, 2.24) is 15.5 Å². The summed E-state index contributed by atoms with van der Waals surface area (Å²) in [4.78, 5) is 24.5. The lowest BCUT2D eigenvalue weighted by atomic mass is 10.00. The first-order chi connectivity index (χ1) is 7.73. The molecular formula is C11H23N3O3. The molecule has 6 heteroatoms. The van der Waals surface area contributed by atoms with Gasteiger partial charge in [0.2, 0.25) is 0 Å². The van der Waals surface area contributed by atoms with Crippen LogP contribution in [0.2, 0.25) is 0 Å². The van der Waals surface area contributed by atoms with E-state index in [4.69, 9.17) is 5.11 Å². The molecule has 6 nitrogen and oxygen atoms in total. The number of carbonyl (C=O) groups is 2. The van der Waals surface area contributed by atoms with Gasteiger partial charge in [0, 0.05) is 12.6 Å². The third-order valence-corrected chi connectivity index (χ3v) is 3.01. The molecule has 0 aromatic rings. The molecule has 0 bridgehead atoms. The van der Waals surface area contributed by atoms with Gasteiger partial charge >= 0.3 is 12.0 Å². The molecule has 17 heavy (non-hydrogen) atoms. The number of likely N-dealkylation sites (N-methyl/N-ethyl adjacent to an activating group) is 1. The second-order valence-corrected chi connectivity index (χ2v) is 4.64. The van der Waals surface area contributed by atoms with Gasteiger partial charge in [-0.05, 0) is 34.4 Å². The van der Waals surface area contributed by atoms with E-state index in [9.17, 15) is 9.59 Å². The Morgan fingerprint density at radius 2 is 1.94 bits per heavy atom. The van der Waals surface area contributed by atoms with Crippen molar-refractivity contribution in [2.75, 3.05) is 20.6 Å². The fraction of sp³-hybridized carbons (Fsp3) is 0.818. The Kier molecular flexibility index (Phi) is 5.95. The summed E-state index contributed by atoms with van der Waals surface area (Å²) >= 11 is 0. The quantitative estimate of drug-likeness (QED) is 0.636. The molecule has 2 atom stereocenters. The van der Waals surface area contributed by atoms with E-state index in [0.29, 0.717) is 13.0 Å². The van der Waals surface area contributed by atoms with Gasteiger partial charge in [-0.1, -0.05) is 6.92 Å². The summed E-state index contributed by atoms with van der Waals surface area (Å²) in [6, 6.07) is -0.260. The molecule has 0 rings (SSSR count). The number of hydrogen-bond acceptors (Lipinski definition) is 3. The summed E-state index contributed by atoms with van der Waals surface area (Å²) in [7, 11) is 3.83. The molecule has 3 N–H and O–H groups in total. The summed E-state index contributed by atoms with van der Waals surface area (Å²) in [5.74, 6) is -1.03. The number of aliphatic carboxylic acids is 1. The van der Waals surface area contributed by atoms with Crippen molar-refractivity contribution in [3.8, 4) is 0 Å². The highest BCUT2D eigenvalue weighted by Gasteiger charge is 2.32. The van der Waals surface area contributed by atoms with E-state index in [1.165, 1.54) is 6.92 Å². The number of carbonyl (C=O) groups excluding carboxylic acids is 1. The van der Waals surface area contributed by atoms with E-state index in [-0.39, 0.29) is 6.04 Å². The van der Waals surface area contributed by atoms with Crippen molar-refractivity contribution >= 4 is 12.0 Å². The van der Waals surface area contributed by atoms with Crippen LogP contribution >= 0.6 is 0 Å². The van der Waals surface area contributed by atoms with Crippen LogP contribution in [-0.2, 0) is 4.79 Å². The first kappa shape index (κ1) is 15.7. The second-order valence-electron chi connectivity index (χ2n) is 4.64. The van der Waals surface area contributed by atoms with Gasteiger partial charge in [-0.25, -0.2) is 9.59 Å².